The van der Waals surface area contributed by atoms with E-state index in [1.54, 1.807) is 6.20 Å². The van der Waals surface area contributed by atoms with Crippen LogP contribution in [0.25, 0.3) is 6.20 Å². The van der Waals surface area contributed by atoms with Crippen LogP contribution < -0.4 is 4.57 Å². The lowest BCUT2D eigenvalue weighted by atomic mass is 10.7. The van der Waals surface area contributed by atoms with Crippen molar-refractivity contribution >= 4 is 18.8 Å². The zero-order valence-electron chi connectivity index (χ0n) is 6.97. The summed E-state index contributed by atoms with van der Waals surface area (Å²) in [6.45, 7) is 6.75. The molecule has 0 amide bonds. The van der Waals surface area contributed by atoms with Gasteiger partial charge in [0.15, 0.2) is 0 Å². The quantitative estimate of drug-likeness (QED) is 0.386. The summed E-state index contributed by atoms with van der Waals surface area (Å²) in [5.41, 5.74) is 0. The molecule has 0 aromatic carbocycles. The van der Waals surface area contributed by atoms with Gasteiger partial charge in [-0.15, -0.1) is 0 Å². The summed E-state index contributed by atoms with van der Waals surface area (Å²) in [5.74, 6) is 0. The van der Waals surface area contributed by atoms with Crippen LogP contribution in [0.3, 0.4) is 0 Å². The normalized spacial score (nSPS) is 7.67. The average Bonchev–Trinajstić information content (AvgIpc) is 2.53. The SMILES string of the molecule is C=C[n+]1ccn(CC)c1.N#C[S-]. The minimum absolute atomic E-state index is 1.01. The van der Waals surface area contributed by atoms with Crippen molar-refractivity contribution in [2.75, 3.05) is 0 Å². The number of nitrogens with zero attached hydrogens (tertiary/aromatic N) is 3. The van der Waals surface area contributed by atoms with Crippen LogP contribution in [0, 0.1) is 10.7 Å². The second-order valence-electron chi connectivity index (χ2n) is 1.97. The first kappa shape index (κ1) is 10.7. The Morgan fingerprint density at radius 3 is 2.67 bits per heavy atom. The molecule has 0 saturated carbocycles. The molecule has 12 heavy (non-hydrogen) atoms. The molecule has 0 saturated heterocycles. The zero-order valence-corrected chi connectivity index (χ0v) is 7.79. The molecule has 0 N–H and O–H groups in total. The number of thiocyanates is 1. The van der Waals surface area contributed by atoms with E-state index in [0.717, 1.165) is 6.54 Å². The molecule has 0 aliphatic heterocycles. The number of imidazole rings is 1. The van der Waals surface area contributed by atoms with E-state index in [1.807, 2.05) is 23.3 Å². The van der Waals surface area contributed by atoms with Crippen molar-refractivity contribution in [3.63, 3.8) is 0 Å². The number of hydrogen-bond donors (Lipinski definition) is 0. The van der Waals surface area contributed by atoms with Gasteiger partial charge in [0.2, 0.25) is 6.33 Å². The van der Waals surface area contributed by atoms with Crippen molar-refractivity contribution < 1.29 is 4.57 Å². The summed E-state index contributed by atoms with van der Waals surface area (Å²) in [6.07, 6.45) is 7.75. The maximum absolute atomic E-state index is 7.13. The first-order valence-electron chi connectivity index (χ1n) is 3.48. The van der Waals surface area contributed by atoms with E-state index < -0.39 is 0 Å². The molecule has 1 rings (SSSR count). The van der Waals surface area contributed by atoms with Gasteiger partial charge in [0.05, 0.1) is 12.7 Å². The summed E-state index contributed by atoms with van der Waals surface area (Å²) in [6, 6.07) is 0. The molecule has 4 heteroatoms. The molecule has 0 aliphatic rings. The molecule has 0 atom stereocenters. The van der Waals surface area contributed by atoms with Crippen LogP contribution in [0.15, 0.2) is 25.3 Å². The van der Waals surface area contributed by atoms with E-state index >= 15 is 0 Å². The Morgan fingerprint density at radius 1 is 1.83 bits per heavy atom. The van der Waals surface area contributed by atoms with Gasteiger partial charge in [0, 0.05) is 0 Å². The fraction of sp³-hybridized carbons (Fsp3) is 0.250. The van der Waals surface area contributed by atoms with Gasteiger partial charge < -0.3 is 12.6 Å². The lowest BCUT2D eigenvalue weighted by molar-refractivity contribution is -0.567. The summed E-state index contributed by atoms with van der Waals surface area (Å²) in [7, 11) is 0. The molecule has 0 bridgehead atoms. The van der Waals surface area contributed by atoms with Gasteiger partial charge in [0.25, 0.3) is 0 Å². The highest BCUT2D eigenvalue weighted by atomic mass is 32.1. The molecule has 0 unspecified atom stereocenters. The predicted molar refractivity (Wildman–Crippen MR) is 49.7 cm³/mol. The summed E-state index contributed by atoms with van der Waals surface area (Å²) in [4.78, 5) is 0. The smallest absolute Gasteiger partial charge is 0.248 e. The molecule has 3 nitrogen and oxygen atoms in total. The fourth-order valence-electron chi connectivity index (χ4n) is 0.706. The molecule has 0 fully saturated rings. The molecular formula is C8H11N3S. The average molecular weight is 181 g/mol. The number of rotatable bonds is 2. The Hall–Kier alpha value is -1.34. The topological polar surface area (TPSA) is 32.6 Å². The zero-order chi connectivity index (χ0) is 9.40. The van der Waals surface area contributed by atoms with E-state index in [9.17, 15) is 0 Å². The number of aryl methyl sites for hydroxylation is 1. The Kier molecular flexibility index (Phi) is 5.66. The maximum atomic E-state index is 7.13. The minimum Gasteiger partial charge on any atom is -0.696 e. The van der Waals surface area contributed by atoms with Crippen molar-refractivity contribution in [1.29, 1.82) is 5.26 Å². The van der Waals surface area contributed by atoms with E-state index in [2.05, 4.69) is 30.7 Å². The van der Waals surface area contributed by atoms with Gasteiger partial charge in [-0.25, -0.2) is 14.4 Å². The minimum atomic E-state index is 1.01. The molecule has 0 aliphatic carbocycles. The summed E-state index contributed by atoms with van der Waals surface area (Å²) < 4.78 is 4.01. The third-order valence-electron chi connectivity index (χ3n) is 1.29. The predicted octanol–water partition coefficient (Wildman–Crippen LogP) is 0.910. The Bertz CT molecular complexity index is 272. The third-order valence-corrected chi connectivity index (χ3v) is 1.29. The highest BCUT2D eigenvalue weighted by molar-refractivity contribution is 7.64. The molecule has 64 valence electrons. The highest BCUT2D eigenvalue weighted by Crippen LogP contribution is 1.81. The largest absolute Gasteiger partial charge is 0.696 e. The molecule has 0 spiro atoms. The van der Waals surface area contributed by atoms with Crippen LogP contribution in [0.1, 0.15) is 6.92 Å². The van der Waals surface area contributed by atoms with Crippen molar-refractivity contribution in [2.45, 2.75) is 13.5 Å². The highest BCUT2D eigenvalue weighted by Gasteiger charge is 1.94. The van der Waals surface area contributed by atoms with Crippen molar-refractivity contribution in [1.82, 2.24) is 4.57 Å². The van der Waals surface area contributed by atoms with E-state index in [-0.39, 0.29) is 0 Å². The van der Waals surface area contributed by atoms with E-state index in [1.165, 1.54) is 5.40 Å². The monoisotopic (exact) mass is 181 g/mol. The fourth-order valence-corrected chi connectivity index (χ4v) is 0.706. The van der Waals surface area contributed by atoms with Crippen LogP contribution in [-0.4, -0.2) is 4.57 Å². The number of nitriles is 1. The van der Waals surface area contributed by atoms with Gasteiger partial charge in [-0.2, -0.15) is 0 Å². The molecule has 1 aromatic rings. The van der Waals surface area contributed by atoms with Crippen molar-refractivity contribution in [2.24, 2.45) is 0 Å². The molecule has 0 radical (unpaired) electrons. The van der Waals surface area contributed by atoms with Gasteiger partial charge in [-0.05, 0) is 6.92 Å². The first-order chi connectivity index (χ1) is 5.78. The second kappa shape index (κ2) is 6.38. The lowest BCUT2D eigenvalue weighted by Crippen LogP contribution is -2.21. The Morgan fingerprint density at radius 2 is 2.42 bits per heavy atom. The Labute approximate surface area is 78.0 Å². The van der Waals surface area contributed by atoms with E-state index in [4.69, 9.17) is 5.26 Å². The van der Waals surface area contributed by atoms with Crippen LogP contribution in [-0.2, 0) is 19.2 Å². The van der Waals surface area contributed by atoms with Crippen molar-refractivity contribution in [3.8, 4) is 5.40 Å². The molecular weight excluding hydrogens is 170 g/mol. The van der Waals surface area contributed by atoms with Gasteiger partial charge in [-0.3, -0.25) is 0 Å². The van der Waals surface area contributed by atoms with Gasteiger partial charge in [-0.1, -0.05) is 12.0 Å². The standard InChI is InChI=1S/C7H11N2.CHNS/c1-3-8-5-6-9(4-2)7-8;2-1-3/h3,5-7H,1,4H2,2H3;3H/q+1;/p-1. The third kappa shape index (κ3) is 3.74. The van der Waals surface area contributed by atoms with Crippen molar-refractivity contribution in [3.05, 3.63) is 25.3 Å². The van der Waals surface area contributed by atoms with Gasteiger partial charge >= 0.3 is 0 Å². The second-order valence-corrected chi connectivity index (χ2v) is 2.15. The van der Waals surface area contributed by atoms with Crippen LogP contribution in [0.2, 0.25) is 0 Å². The summed E-state index contributed by atoms with van der Waals surface area (Å²) in [5, 5.41) is 8.47. The Balaban J connectivity index is 0.000000354. The number of hydrogen-bond acceptors (Lipinski definition) is 2. The van der Waals surface area contributed by atoms with Crippen LogP contribution in [0.5, 0.6) is 0 Å². The van der Waals surface area contributed by atoms with Crippen LogP contribution in [0.4, 0.5) is 0 Å². The maximum Gasteiger partial charge on any atom is 0.248 e. The number of aromatic nitrogens is 2. The van der Waals surface area contributed by atoms with E-state index in [0.29, 0.717) is 0 Å². The molecule has 1 aromatic heterocycles. The lowest BCUT2D eigenvalue weighted by Gasteiger charge is -1.81. The van der Waals surface area contributed by atoms with Crippen LogP contribution >= 0.6 is 0 Å². The molecule has 1 heterocycles. The summed E-state index contributed by atoms with van der Waals surface area (Å²) >= 11 is 3.70. The first-order valence-corrected chi connectivity index (χ1v) is 3.89. The van der Waals surface area contributed by atoms with Gasteiger partial charge in [0.1, 0.15) is 12.4 Å².